The molecule has 0 aromatic rings. The Morgan fingerprint density at radius 3 is 2.50 bits per heavy atom. The predicted molar refractivity (Wildman–Crippen MR) is 59.1 cm³/mol. The molecule has 94 valence electrons. The highest BCUT2D eigenvalue weighted by molar-refractivity contribution is 5.70. The van der Waals surface area contributed by atoms with Crippen LogP contribution in [0.4, 0.5) is 0 Å². The van der Waals surface area contributed by atoms with Gasteiger partial charge < -0.3 is 20.6 Å². The maximum Gasteiger partial charge on any atom is 0.306 e. The standard InChI is InChI=1S/C11H21NO4/c1-8(13)6-12-7-11(16)4-2-9(3-5-11)10(14)15/h8-9,12-13,16H,2-7H2,1H3,(H,14,15). The highest BCUT2D eigenvalue weighted by atomic mass is 16.4. The van der Waals surface area contributed by atoms with Crippen LogP contribution in [0.3, 0.4) is 0 Å². The lowest BCUT2D eigenvalue weighted by molar-refractivity contribution is -0.144. The molecule has 1 rings (SSSR count). The summed E-state index contributed by atoms with van der Waals surface area (Å²) in [6.45, 7) is 2.55. The summed E-state index contributed by atoms with van der Waals surface area (Å²) < 4.78 is 0. The number of nitrogens with one attached hydrogen (secondary N) is 1. The lowest BCUT2D eigenvalue weighted by Crippen LogP contribution is -2.45. The number of carbonyl (C=O) groups is 1. The molecule has 0 radical (unpaired) electrons. The Bertz CT molecular complexity index is 234. The molecule has 16 heavy (non-hydrogen) atoms. The molecule has 1 aliphatic carbocycles. The molecule has 4 N–H and O–H groups in total. The summed E-state index contributed by atoms with van der Waals surface area (Å²) in [5.41, 5.74) is -0.805. The Morgan fingerprint density at radius 2 is 2.06 bits per heavy atom. The van der Waals surface area contributed by atoms with Gasteiger partial charge in [0, 0.05) is 13.1 Å². The zero-order valence-corrected chi connectivity index (χ0v) is 9.65. The second kappa shape index (κ2) is 5.61. The quantitative estimate of drug-likeness (QED) is 0.533. The fraction of sp³-hybridized carbons (Fsp3) is 0.909. The maximum absolute atomic E-state index is 10.7. The largest absolute Gasteiger partial charge is 0.481 e. The molecule has 0 aliphatic heterocycles. The van der Waals surface area contributed by atoms with Gasteiger partial charge in [-0.05, 0) is 32.6 Å². The Morgan fingerprint density at radius 1 is 1.50 bits per heavy atom. The molecule has 0 heterocycles. The van der Waals surface area contributed by atoms with Gasteiger partial charge in [0.2, 0.25) is 0 Å². The van der Waals surface area contributed by atoms with Crippen LogP contribution in [-0.4, -0.2) is 46.1 Å². The smallest absolute Gasteiger partial charge is 0.306 e. The van der Waals surface area contributed by atoms with Gasteiger partial charge in [-0.15, -0.1) is 0 Å². The number of aliphatic hydroxyl groups is 2. The third-order valence-electron chi connectivity index (χ3n) is 3.16. The van der Waals surface area contributed by atoms with Crippen molar-refractivity contribution in [1.29, 1.82) is 0 Å². The number of hydrogen-bond acceptors (Lipinski definition) is 4. The van der Waals surface area contributed by atoms with Crippen molar-refractivity contribution < 1.29 is 20.1 Å². The summed E-state index contributed by atoms with van der Waals surface area (Å²) in [6, 6.07) is 0. The van der Waals surface area contributed by atoms with E-state index in [4.69, 9.17) is 10.2 Å². The van der Waals surface area contributed by atoms with E-state index in [2.05, 4.69) is 5.32 Å². The first-order chi connectivity index (χ1) is 7.43. The average Bonchev–Trinajstić information content (AvgIpc) is 2.17. The lowest BCUT2D eigenvalue weighted by Gasteiger charge is -2.35. The highest BCUT2D eigenvalue weighted by Crippen LogP contribution is 2.31. The van der Waals surface area contributed by atoms with E-state index in [0.29, 0.717) is 38.8 Å². The first-order valence-electron chi connectivity index (χ1n) is 5.77. The van der Waals surface area contributed by atoms with Gasteiger partial charge in [0.15, 0.2) is 0 Å². The minimum Gasteiger partial charge on any atom is -0.481 e. The van der Waals surface area contributed by atoms with Crippen molar-refractivity contribution in [2.24, 2.45) is 5.92 Å². The zero-order valence-electron chi connectivity index (χ0n) is 9.65. The summed E-state index contributed by atoms with van der Waals surface area (Å²) in [5, 5.41) is 31.0. The molecule has 1 unspecified atom stereocenters. The van der Waals surface area contributed by atoms with Crippen LogP contribution in [0.1, 0.15) is 32.6 Å². The number of aliphatic hydroxyl groups excluding tert-OH is 1. The maximum atomic E-state index is 10.7. The van der Waals surface area contributed by atoms with Crippen LogP contribution in [-0.2, 0) is 4.79 Å². The third-order valence-corrected chi connectivity index (χ3v) is 3.16. The van der Waals surface area contributed by atoms with Crippen LogP contribution >= 0.6 is 0 Å². The van der Waals surface area contributed by atoms with Crippen LogP contribution in [0.25, 0.3) is 0 Å². The molecule has 1 fully saturated rings. The van der Waals surface area contributed by atoms with Crippen molar-refractivity contribution in [2.45, 2.75) is 44.3 Å². The van der Waals surface area contributed by atoms with E-state index in [0.717, 1.165) is 0 Å². The third kappa shape index (κ3) is 4.08. The molecule has 0 saturated heterocycles. The summed E-state index contributed by atoms with van der Waals surface area (Å²) >= 11 is 0. The van der Waals surface area contributed by atoms with Crippen molar-refractivity contribution >= 4 is 5.97 Å². The molecule has 0 aromatic heterocycles. The predicted octanol–water partition coefficient (Wildman–Crippen LogP) is -0.0373. The van der Waals surface area contributed by atoms with Crippen molar-refractivity contribution in [3.8, 4) is 0 Å². The number of aliphatic carboxylic acids is 1. The van der Waals surface area contributed by atoms with E-state index in [1.54, 1.807) is 6.92 Å². The van der Waals surface area contributed by atoms with Gasteiger partial charge in [-0.1, -0.05) is 0 Å². The second-order valence-electron chi connectivity index (χ2n) is 4.82. The van der Waals surface area contributed by atoms with Crippen LogP contribution < -0.4 is 5.32 Å². The molecule has 0 aromatic carbocycles. The first-order valence-corrected chi connectivity index (χ1v) is 5.77. The van der Waals surface area contributed by atoms with E-state index < -0.39 is 17.7 Å². The molecular formula is C11H21NO4. The summed E-state index contributed by atoms with van der Waals surface area (Å²) in [4.78, 5) is 10.7. The van der Waals surface area contributed by atoms with Crippen molar-refractivity contribution in [2.75, 3.05) is 13.1 Å². The van der Waals surface area contributed by atoms with Gasteiger partial charge in [-0.3, -0.25) is 4.79 Å². The van der Waals surface area contributed by atoms with Crippen LogP contribution in [0.2, 0.25) is 0 Å². The number of carboxylic acids is 1. The second-order valence-corrected chi connectivity index (χ2v) is 4.82. The lowest BCUT2D eigenvalue weighted by atomic mass is 9.79. The van der Waals surface area contributed by atoms with E-state index in [-0.39, 0.29) is 5.92 Å². The van der Waals surface area contributed by atoms with Crippen molar-refractivity contribution in [1.82, 2.24) is 5.32 Å². The Labute approximate surface area is 95.5 Å². The molecular weight excluding hydrogens is 210 g/mol. The number of rotatable bonds is 5. The van der Waals surface area contributed by atoms with Gasteiger partial charge >= 0.3 is 5.97 Å². The molecule has 1 atom stereocenters. The summed E-state index contributed by atoms with van der Waals surface area (Å²) in [7, 11) is 0. The average molecular weight is 231 g/mol. The number of hydrogen-bond donors (Lipinski definition) is 4. The molecule has 0 amide bonds. The molecule has 1 aliphatic rings. The minimum absolute atomic E-state index is 0.308. The van der Waals surface area contributed by atoms with Crippen LogP contribution in [0.5, 0.6) is 0 Å². The van der Waals surface area contributed by atoms with Gasteiger partial charge in [-0.25, -0.2) is 0 Å². The molecule has 5 nitrogen and oxygen atoms in total. The Balaban J connectivity index is 2.29. The fourth-order valence-corrected chi connectivity index (χ4v) is 2.09. The van der Waals surface area contributed by atoms with E-state index in [1.165, 1.54) is 0 Å². The molecule has 1 saturated carbocycles. The minimum atomic E-state index is -0.805. The normalized spacial score (nSPS) is 32.3. The topological polar surface area (TPSA) is 89.8 Å². The van der Waals surface area contributed by atoms with Crippen LogP contribution in [0, 0.1) is 5.92 Å². The van der Waals surface area contributed by atoms with Crippen LogP contribution in [0.15, 0.2) is 0 Å². The Hall–Kier alpha value is -0.650. The zero-order chi connectivity index (χ0) is 12.2. The van der Waals surface area contributed by atoms with Gasteiger partial charge in [0.1, 0.15) is 0 Å². The fourth-order valence-electron chi connectivity index (χ4n) is 2.09. The van der Waals surface area contributed by atoms with E-state index in [9.17, 15) is 9.90 Å². The van der Waals surface area contributed by atoms with E-state index >= 15 is 0 Å². The summed E-state index contributed by atoms with van der Waals surface area (Å²) in [5.74, 6) is -1.07. The SMILES string of the molecule is CC(O)CNCC1(O)CCC(C(=O)O)CC1. The molecule has 0 bridgehead atoms. The van der Waals surface area contributed by atoms with Crippen molar-refractivity contribution in [3.05, 3.63) is 0 Å². The van der Waals surface area contributed by atoms with Gasteiger partial charge in [0.05, 0.1) is 17.6 Å². The first kappa shape index (κ1) is 13.4. The summed E-state index contributed by atoms with van der Waals surface area (Å²) in [6.07, 6.45) is 1.65. The van der Waals surface area contributed by atoms with Gasteiger partial charge in [-0.2, -0.15) is 0 Å². The Kier molecular flexibility index (Phi) is 4.70. The monoisotopic (exact) mass is 231 g/mol. The highest BCUT2D eigenvalue weighted by Gasteiger charge is 2.35. The molecule has 0 spiro atoms. The van der Waals surface area contributed by atoms with Crippen molar-refractivity contribution in [3.63, 3.8) is 0 Å². The van der Waals surface area contributed by atoms with Gasteiger partial charge in [0.25, 0.3) is 0 Å². The molecule has 5 heteroatoms. The number of carboxylic acid groups (broad SMARTS) is 1. The van der Waals surface area contributed by atoms with E-state index in [1.807, 2.05) is 0 Å².